The fourth-order valence-electron chi connectivity index (χ4n) is 2.24. The maximum absolute atomic E-state index is 12.2. The van der Waals surface area contributed by atoms with Crippen molar-refractivity contribution in [3.05, 3.63) is 52.6 Å². The third-order valence-corrected chi connectivity index (χ3v) is 3.13. The Morgan fingerprint density at radius 1 is 0.800 bits per heavy atom. The molecule has 3 rings (SSSR count). The number of hydrogen-bond donors (Lipinski definition) is 3. The van der Waals surface area contributed by atoms with Gasteiger partial charge in [-0.2, -0.15) is 0 Å². The van der Waals surface area contributed by atoms with Gasteiger partial charge in [0.15, 0.2) is 23.1 Å². The third kappa shape index (κ3) is 1.72. The Labute approximate surface area is 127 Å². The van der Waals surface area contributed by atoms with E-state index < -0.39 is 28.8 Å². The first-order valence-corrected chi connectivity index (χ1v) is 5.48. The van der Waals surface area contributed by atoms with Crippen LogP contribution in [0, 0.1) is 0 Å². The number of ketones is 2. The van der Waals surface area contributed by atoms with Gasteiger partial charge in [0.2, 0.25) is 0 Å². The minimum absolute atomic E-state index is 0. The Hall–Kier alpha value is -2.22. The fraction of sp³-hybridized carbons (Fsp3) is 0. The summed E-state index contributed by atoms with van der Waals surface area (Å²) in [5.41, 5.74) is -0.333. The molecule has 96 valence electrons. The van der Waals surface area contributed by atoms with Gasteiger partial charge in [0.1, 0.15) is 5.75 Å². The van der Waals surface area contributed by atoms with E-state index in [1.54, 1.807) is 12.1 Å². The molecule has 0 atom stereocenters. The average molecular weight is 264 g/mol. The van der Waals surface area contributed by atoms with Gasteiger partial charge < -0.3 is 16.7 Å². The zero-order chi connectivity index (χ0) is 13.7. The van der Waals surface area contributed by atoms with Gasteiger partial charge in [0.25, 0.3) is 0 Å². The topological polar surface area (TPSA) is 94.8 Å². The SMILES string of the molecule is O=C1c2ccccc2C(=O)c2c(O)c(O)cc(O)c21.[H-].[Li+]. The second-order valence-electron chi connectivity index (χ2n) is 4.22. The van der Waals surface area contributed by atoms with Gasteiger partial charge >= 0.3 is 18.9 Å². The molecule has 0 unspecified atom stereocenters. The number of fused-ring (bicyclic) bond motifs is 2. The summed E-state index contributed by atoms with van der Waals surface area (Å²) in [7, 11) is 0. The van der Waals surface area contributed by atoms with Gasteiger partial charge in [-0.05, 0) is 0 Å². The molecule has 0 heterocycles. The van der Waals surface area contributed by atoms with E-state index in [0.717, 1.165) is 6.07 Å². The summed E-state index contributed by atoms with van der Waals surface area (Å²) >= 11 is 0. The predicted molar refractivity (Wildman–Crippen MR) is 65.9 cm³/mol. The molecule has 0 aliphatic heterocycles. The van der Waals surface area contributed by atoms with Gasteiger partial charge in [0, 0.05) is 17.2 Å². The van der Waals surface area contributed by atoms with Crippen LogP contribution in [-0.2, 0) is 0 Å². The summed E-state index contributed by atoms with van der Waals surface area (Å²) in [6.07, 6.45) is 0. The summed E-state index contributed by atoms with van der Waals surface area (Å²) in [4.78, 5) is 24.5. The first kappa shape index (κ1) is 14.2. The van der Waals surface area contributed by atoms with Crippen LogP contribution in [0.4, 0.5) is 0 Å². The monoisotopic (exact) mass is 264 g/mol. The minimum Gasteiger partial charge on any atom is -1.00 e. The number of carbonyl (C=O) groups is 2. The van der Waals surface area contributed by atoms with Crippen LogP contribution in [0.1, 0.15) is 33.3 Å². The van der Waals surface area contributed by atoms with Crippen LogP contribution < -0.4 is 18.9 Å². The third-order valence-electron chi connectivity index (χ3n) is 3.13. The Balaban J connectivity index is 0.00000110. The van der Waals surface area contributed by atoms with Crippen molar-refractivity contribution in [1.82, 2.24) is 0 Å². The molecule has 0 bridgehead atoms. The first-order valence-electron chi connectivity index (χ1n) is 5.48. The molecule has 1 aliphatic carbocycles. The Morgan fingerprint density at radius 3 is 1.85 bits per heavy atom. The average Bonchev–Trinajstić information content (AvgIpc) is 2.40. The van der Waals surface area contributed by atoms with Gasteiger partial charge in [0.05, 0.1) is 11.1 Å². The van der Waals surface area contributed by atoms with Crippen LogP contribution in [0.5, 0.6) is 17.2 Å². The maximum Gasteiger partial charge on any atom is 1.00 e. The number of benzene rings is 2. The second-order valence-corrected chi connectivity index (χ2v) is 4.22. The molecule has 0 fully saturated rings. The molecule has 0 saturated carbocycles. The summed E-state index contributed by atoms with van der Waals surface area (Å²) in [5, 5.41) is 28.9. The van der Waals surface area contributed by atoms with Crippen molar-refractivity contribution in [2.45, 2.75) is 0 Å². The van der Waals surface area contributed by atoms with E-state index in [-0.39, 0.29) is 42.5 Å². The van der Waals surface area contributed by atoms with Gasteiger partial charge in [-0.25, -0.2) is 0 Å². The van der Waals surface area contributed by atoms with E-state index in [1.807, 2.05) is 0 Å². The largest absolute Gasteiger partial charge is 1.00 e. The van der Waals surface area contributed by atoms with Gasteiger partial charge in [-0.3, -0.25) is 9.59 Å². The summed E-state index contributed by atoms with van der Waals surface area (Å²) in [5.74, 6) is -3.03. The zero-order valence-electron chi connectivity index (χ0n) is 11.5. The fourth-order valence-corrected chi connectivity index (χ4v) is 2.24. The van der Waals surface area contributed by atoms with Crippen LogP contribution in [0.2, 0.25) is 0 Å². The smallest absolute Gasteiger partial charge is 1.00 e. The molecule has 1 aliphatic rings. The molecule has 3 N–H and O–H groups in total. The number of phenols is 3. The predicted octanol–water partition coefficient (Wildman–Crippen LogP) is -1.30. The first-order chi connectivity index (χ1) is 9.02. The number of phenolic OH excluding ortho intramolecular Hbond substituents is 3. The molecule has 6 heteroatoms. The van der Waals surface area contributed by atoms with Gasteiger partial charge in [-0.15, -0.1) is 0 Å². The Bertz CT molecular complexity index is 757. The van der Waals surface area contributed by atoms with Crippen LogP contribution in [0.3, 0.4) is 0 Å². The van der Waals surface area contributed by atoms with Crippen molar-refractivity contribution in [3.8, 4) is 17.2 Å². The molecule has 2 aromatic rings. The molecular weight excluding hydrogens is 255 g/mol. The number of carbonyl (C=O) groups excluding carboxylic acids is 2. The number of rotatable bonds is 0. The summed E-state index contributed by atoms with van der Waals surface area (Å²) < 4.78 is 0. The van der Waals surface area contributed by atoms with E-state index >= 15 is 0 Å². The zero-order valence-corrected chi connectivity index (χ0v) is 10.5. The van der Waals surface area contributed by atoms with Crippen LogP contribution in [0.15, 0.2) is 30.3 Å². The molecule has 0 radical (unpaired) electrons. The van der Waals surface area contributed by atoms with E-state index in [9.17, 15) is 24.9 Å². The molecule has 2 aromatic carbocycles. The van der Waals surface area contributed by atoms with E-state index in [4.69, 9.17) is 0 Å². The molecule has 5 nitrogen and oxygen atoms in total. The Morgan fingerprint density at radius 2 is 1.30 bits per heavy atom. The number of hydrogen-bond acceptors (Lipinski definition) is 5. The van der Waals surface area contributed by atoms with E-state index in [0.29, 0.717) is 0 Å². The van der Waals surface area contributed by atoms with Crippen molar-refractivity contribution in [2.24, 2.45) is 0 Å². The number of aromatic hydroxyl groups is 3. The van der Waals surface area contributed by atoms with Crippen LogP contribution in [-0.4, -0.2) is 26.9 Å². The quantitative estimate of drug-likeness (QED) is 0.266. The molecule has 0 spiro atoms. The van der Waals surface area contributed by atoms with E-state index in [2.05, 4.69) is 0 Å². The van der Waals surface area contributed by atoms with Crippen molar-refractivity contribution in [1.29, 1.82) is 0 Å². The second kappa shape index (κ2) is 4.71. The maximum atomic E-state index is 12.2. The van der Waals surface area contributed by atoms with E-state index in [1.165, 1.54) is 12.1 Å². The van der Waals surface area contributed by atoms with Crippen molar-refractivity contribution < 1.29 is 45.2 Å². The molecule has 0 saturated heterocycles. The molecule has 0 aromatic heterocycles. The normalized spacial score (nSPS) is 12.4. The van der Waals surface area contributed by atoms with Crippen molar-refractivity contribution in [3.63, 3.8) is 0 Å². The summed E-state index contributed by atoms with van der Waals surface area (Å²) in [6.45, 7) is 0. The Kier molecular flexibility index (Phi) is 3.34. The molecular formula is C14H9LiO5. The standard InChI is InChI=1S/C14H8O5.Li.H/c15-8-5-9(16)14(19)11-10(8)12(17)6-3-1-2-4-7(6)13(11)18;;/h1-5,15-16,19H;;/q;+1;-1. The molecule has 0 amide bonds. The van der Waals surface area contributed by atoms with Crippen LogP contribution >= 0.6 is 0 Å². The minimum atomic E-state index is -0.694. The molecule has 20 heavy (non-hydrogen) atoms. The van der Waals surface area contributed by atoms with Crippen molar-refractivity contribution in [2.75, 3.05) is 0 Å². The van der Waals surface area contributed by atoms with Crippen LogP contribution in [0.25, 0.3) is 0 Å². The summed E-state index contributed by atoms with van der Waals surface area (Å²) in [6, 6.07) is 6.97. The van der Waals surface area contributed by atoms with Crippen molar-refractivity contribution >= 4 is 11.6 Å². The van der Waals surface area contributed by atoms with Gasteiger partial charge in [-0.1, -0.05) is 24.3 Å².